The first-order valence-electron chi connectivity index (χ1n) is 4.63. The van der Waals surface area contributed by atoms with Crippen LogP contribution in [0.5, 0.6) is 0 Å². The average molecular weight is 223 g/mol. The van der Waals surface area contributed by atoms with Crippen LogP contribution in [0.25, 0.3) is 0 Å². The molecule has 2 aromatic heterocycles. The fraction of sp³-hybridized carbons (Fsp3) is 0.300. The molecule has 0 aliphatic rings. The molecule has 4 nitrogen and oxygen atoms in total. The first kappa shape index (κ1) is 10.1. The Bertz CT molecular complexity index is 459. The van der Waals surface area contributed by atoms with Gasteiger partial charge in [-0.05, 0) is 42.6 Å². The molecule has 0 atom stereocenters. The van der Waals surface area contributed by atoms with Crippen LogP contribution in [0.1, 0.15) is 17.0 Å². The maximum atomic E-state index is 5.92. The van der Waals surface area contributed by atoms with Crippen molar-refractivity contribution in [3.63, 3.8) is 0 Å². The maximum Gasteiger partial charge on any atom is 0.225 e. The number of aryl methyl sites for hydroxylation is 2. The third-order valence-electron chi connectivity index (χ3n) is 2.37. The normalized spacial score (nSPS) is 10.6. The van der Waals surface area contributed by atoms with E-state index in [2.05, 4.69) is 15.2 Å². The van der Waals surface area contributed by atoms with E-state index in [9.17, 15) is 0 Å². The Kier molecular flexibility index (Phi) is 2.68. The van der Waals surface area contributed by atoms with Gasteiger partial charge < -0.3 is 0 Å². The van der Waals surface area contributed by atoms with Crippen molar-refractivity contribution < 1.29 is 0 Å². The monoisotopic (exact) mass is 222 g/mol. The SMILES string of the molecule is Cc1ccncc1Cn1c(C)nnc1Cl. The molecule has 0 fully saturated rings. The van der Waals surface area contributed by atoms with Crippen molar-refractivity contribution in [1.82, 2.24) is 19.7 Å². The minimum atomic E-state index is 0.413. The molecule has 78 valence electrons. The number of hydrogen-bond acceptors (Lipinski definition) is 3. The number of rotatable bonds is 2. The number of aromatic nitrogens is 4. The molecule has 0 bridgehead atoms. The third-order valence-corrected chi connectivity index (χ3v) is 2.65. The van der Waals surface area contributed by atoms with E-state index < -0.39 is 0 Å². The molecule has 0 N–H and O–H groups in total. The van der Waals surface area contributed by atoms with Crippen molar-refractivity contribution in [2.45, 2.75) is 20.4 Å². The minimum absolute atomic E-state index is 0.413. The Morgan fingerprint density at radius 2 is 2.13 bits per heavy atom. The van der Waals surface area contributed by atoms with Crippen molar-refractivity contribution in [2.75, 3.05) is 0 Å². The van der Waals surface area contributed by atoms with Gasteiger partial charge in [0.1, 0.15) is 5.82 Å². The highest BCUT2D eigenvalue weighted by molar-refractivity contribution is 6.28. The van der Waals surface area contributed by atoms with Gasteiger partial charge in [0, 0.05) is 12.4 Å². The van der Waals surface area contributed by atoms with Gasteiger partial charge in [0.05, 0.1) is 6.54 Å². The van der Waals surface area contributed by atoms with Crippen LogP contribution in [-0.4, -0.2) is 19.7 Å². The molecule has 0 aromatic carbocycles. The van der Waals surface area contributed by atoms with Crippen molar-refractivity contribution in [1.29, 1.82) is 0 Å². The van der Waals surface area contributed by atoms with Crippen LogP contribution in [0.4, 0.5) is 0 Å². The Morgan fingerprint density at radius 3 is 2.73 bits per heavy atom. The topological polar surface area (TPSA) is 43.6 Å². The second-order valence-corrected chi connectivity index (χ2v) is 3.74. The summed E-state index contributed by atoms with van der Waals surface area (Å²) in [6.07, 6.45) is 3.62. The van der Waals surface area contributed by atoms with Crippen LogP contribution in [0.2, 0.25) is 5.28 Å². The van der Waals surface area contributed by atoms with Gasteiger partial charge in [-0.2, -0.15) is 0 Å². The van der Waals surface area contributed by atoms with Crippen LogP contribution in [-0.2, 0) is 6.54 Å². The number of halogens is 1. The molecule has 0 saturated heterocycles. The largest absolute Gasteiger partial charge is 0.297 e. The Morgan fingerprint density at radius 1 is 1.33 bits per heavy atom. The molecule has 0 spiro atoms. The summed E-state index contributed by atoms with van der Waals surface area (Å²) in [7, 11) is 0. The second-order valence-electron chi connectivity index (χ2n) is 3.40. The van der Waals surface area contributed by atoms with E-state index in [1.807, 2.05) is 30.7 Å². The molecular weight excluding hydrogens is 212 g/mol. The molecule has 0 aliphatic carbocycles. The molecular formula is C10H11ClN4. The first-order valence-corrected chi connectivity index (χ1v) is 5.01. The van der Waals surface area contributed by atoms with E-state index in [1.165, 1.54) is 5.56 Å². The highest BCUT2D eigenvalue weighted by atomic mass is 35.5. The van der Waals surface area contributed by atoms with Gasteiger partial charge in [-0.1, -0.05) is 0 Å². The van der Waals surface area contributed by atoms with Crippen LogP contribution >= 0.6 is 11.6 Å². The molecule has 0 radical (unpaired) electrons. The zero-order chi connectivity index (χ0) is 10.8. The van der Waals surface area contributed by atoms with Gasteiger partial charge >= 0.3 is 0 Å². The third kappa shape index (κ3) is 1.99. The van der Waals surface area contributed by atoms with Crippen molar-refractivity contribution >= 4 is 11.6 Å². The summed E-state index contributed by atoms with van der Waals surface area (Å²) < 4.78 is 1.85. The molecule has 15 heavy (non-hydrogen) atoms. The van der Waals surface area contributed by atoms with E-state index in [0.717, 1.165) is 11.4 Å². The quantitative estimate of drug-likeness (QED) is 0.781. The standard InChI is InChI=1S/C10H11ClN4/c1-7-3-4-12-5-9(7)6-15-8(2)13-14-10(15)11/h3-5H,6H2,1-2H3. The summed E-state index contributed by atoms with van der Waals surface area (Å²) in [5.41, 5.74) is 2.32. The summed E-state index contributed by atoms with van der Waals surface area (Å²) >= 11 is 5.92. The van der Waals surface area contributed by atoms with E-state index in [4.69, 9.17) is 11.6 Å². The Hall–Kier alpha value is -1.42. The zero-order valence-electron chi connectivity index (χ0n) is 8.61. The predicted octanol–water partition coefficient (Wildman–Crippen LogP) is 1.99. The van der Waals surface area contributed by atoms with Gasteiger partial charge in [-0.15, -0.1) is 10.2 Å². The lowest BCUT2D eigenvalue weighted by Gasteiger charge is -2.07. The average Bonchev–Trinajstić information content (AvgIpc) is 2.53. The Balaban J connectivity index is 2.34. The summed E-state index contributed by atoms with van der Waals surface area (Å²) in [5.74, 6) is 0.809. The molecule has 0 amide bonds. The van der Waals surface area contributed by atoms with Gasteiger partial charge in [0.15, 0.2) is 0 Å². The zero-order valence-corrected chi connectivity index (χ0v) is 9.36. The summed E-state index contributed by atoms with van der Waals surface area (Å²) in [6, 6.07) is 1.98. The maximum absolute atomic E-state index is 5.92. The lowest BCUT2D eigenvalue weighted by atomic mass is 10.1. The number of pyridine rings is 1. The van der Waals surface area contributed by atoms with Gasteiger partial charge in [-0.25, -0.2) is 0 Å². The molecule has 0 aliphatic heterocycles. The van der Waals surface area contributed by atoms with Crippen molar-refractivity contribution in [3.8, 4) is 0 Å². The lowest BCUT2D eigenvalue weighted by Crippen LogP contribution is -2.04. The van der Waals surface area contributed by atoms with Crippen molar-refractivity contribution in [3.05, 3.63) is 40.7 Å². The van der Waals surface area contributed by atoms with E-state index in [-0.39, 0.29) is 0 Å². The van der Waals surface area contributed by atoms with Gasteiger partial charge in [0.25, 0.3) is 0 Å². The molecule has 2 heterocycles. The molecule has 5 heteroatoms. The smallest absolute Gasteiger partial charge is 0.225 e. The predicted molar refractivity (Wildman–Crippen MR) is 57.8 cm³/mol. The molecule has 2 aromatic rings. The van der Waals surface area contributed by atoms with E-state index in [0.29, 0.717) is 11.8 Å². The summed E-state index contributed by atoms with van der Waals surface area (Å²) in [5, 5.41) is 8.12. The number of hydrogen-bond donors (Lipinski definition) is 0. The Labute approximate surface area is 92.9 Å². The van der Waals surface area contributed by atoms with Crippen LogP contribution < -0.4 is 0 Å². The van der Waals surface area contributed by atoms with Crippen LogP contribution in [0.15, 0.2) is 18.5 Å². The highest BCUT2D eigenvalue weighted by Crippen LogP contribution is 2.13. The molecule has 2 rings (SSSR count). The van der Waals surface area contributed by atoms with E-state index in [1.54, 1.807) is 6.20 Å². The van der Waals surface area contributed by atoms with Gasteiger partial charge in [0.2, 0.25) is 5.28 Å². The minimum Gasteiger partial charge on any atom is -0.297 e. The highest BCUT2D eigenvalue weighted by Gasteiger charge is 2.07. The summed E-state index contributed by atoms with van der Waals surface area (Å²) in [6.45, 7) is 4.59. The summed E-state index contributed by atoms with van der Waals surface area (Å²) in [4.78, 5) is 4.09. The van der Waals surface area contributed by atoms with Gasteiger partial charge in [-0.3, -0.25) is 9.55 Å². The fourth-order valence-corrected chi connectivity index (χ4v) is 1.59. The van der Waals surface area contributed by atoms with E-state index >= 15 is 0 Å². The second kappa shape index (κ2) is 3.98. The number of nitrogens with zero attached hydrogens (tertiary/aromatic N) is 4. The van der Waals surface area contributed by atoms with Crippen LogP contribution in [0.3, 0.4) is 0 Å². The molecule has 0 saturated carbocycles. The lowest BCUT2D eigenvalue weighted by molar-refractivity contribution is 0.754. The van der Waals surface area contributed by atoms with Crippen LogP contribution in [0, 0.1) is 13.8 Å². The molecule has 0 unspecified atom stereocenters. The first-order chi connectivity index (χ1) is 7.18. The van der Waals surface area contributed by atoms with Crippen molar-refractivity contribution in [2.24, 2.45) is 0 Å². The fourth-order valence-electron chi connectivity index (χ4n) is 1.37.